The van der Waals surface area contributed by atoms with Crippen molar-refractivity contribution in [3.05, 3.63) is 0 Å². The van der Waals surface area contributed by atoms with Crippen molar-refractivity contribution >= 4 is 11.9 Å². The summed E-state index contributed by atoms with van der Waals surface area (Å²) in [5.74, 6) is 0.0687. The van der Waals surface area contributed by atoms with Crippen LogP contribution in [0.2, 0.25) is 0 Å². The molecule has 1 fully saturated rings. The molecule has 1 aliphatic heterocycles. The van der Waals surface area contributed by atoms with Crippen molar-refractivity contribution in [2.24, 2.45) is 5.92 Å². The molecule has 0 spiro atoms. The Kier molecular flexibility index (Phi) is 4.73. The third-order valence-corrected chi connectivity index (χ3v) is 2.63. The van der Waals surface area contributed by atoms with E-state index >= 15 is 0 Å². The lowest BCUT2D eigenvalue weighted by atomic mass is 10.1. The smallest absolute Gasteiger partial charge is 0.307 e. The highest BCUT2D eigenvalue weighted by molar-refractivity contribution is 5.87. The second-order valence-electron chi connectivity index (χ2n) is 4.48. The molecule has 0 bridgehead atoms. The number of amides is 1. The largest absolute Gasteiger partial charge is 0.469 e. The van der Waals surface area contributed by atoms with Crippen molar-refractivity contribution in [1.29, 1.82) is 0 Å². The van der Waals surface area contributed by atoms with Gasteiger partial charge in [0.15, 0.2) is 0 Å². The van der Waals surface area contributed by atoms with Gasteiger partial charge in [-0.15, -0.1) is 0 Å². The molecule has 1 amide bonds. The fraction of sp³-hybridized carbons (Fsp3) is 0.818. The molecule has 0 saturated carbocycles. The maximum Gasteiger partial charge on any atom is 0.307 e. The summed E-state index contributed by atoms with van der Waals surface area (Å²) in [5, 5.41) is 2.78. The van der Waals surface area contributed by atoms with Crippen LogP contribution >= 0.6 is 0 Å². The molecule has 0 radical (unpaired) electrons. The highest BCUT2D eigenvalue weighted by Crippen LogP contribution is 2.12. The Bertz CT molecular complexity index is 266. The number of hydrogen-bond acceptors (Lipinski definition) is 4. The first-order valence-electron chi connectivity index (χ1n) is 5.63. The van der Waals surface area contributed by atoms with Crippen LogP contribution in [0.5, 0.6) is 0 Å². The van der Waals surface area contributed by atoms with Crippen molar-refractivity contribution in [2.45, 2.75) is 26.3 Å². The van der Waals surface area contributed by atoms with E-state index in [0.717, 1.165) is 13.1 Å². The Morgan fingerprint density at radius 1 is 1.62 bits per heavy atom. The first-order chi connectivity index (χ1) is 7.54. The Hall–Kier alpha value is -1.10. The second kappa shape index (κ2) is 5.84. The Labute approximate surface area is 96.1 Å². The third kappa shape index (κ3) is 3.48. The van der Waals surface area contributed by atoms with Gasteiger partial charge in [0.25, 0.3) is 0 Å². The second-order valence-corrected chi connectivity index (χ2v) is 4.48. The summed E-state index contributed by atoms with van der Waals surface area (Å²) in [7, 11) is 1.34. The monoisotopic (exact) mass is 228 g/mol. The number of nitrogens with one attached hydrogen (secondary N) is 1. The number of hydrogen-bond donors (Lipinski definition) is 1. The highest BCUT2D eigenvalue weighted by Gasteiger charge is 2.31. The molecule has 0 aromatic carbocycles. The summed E-state index contributed by atoms with van der Waals surface area (Å²) in [5.41, 5.74) is 0. The van der Waals surface area contributed by atoms with Gasteiger partial charge in [-0.2, -0.15) is 0 Å². The number of nitrogens with zero attached hydrogens (tertiary/aromatic N) is 1. The van der Waals surface area contributed by atoms with Gasteiger partial charge in [0.05, 0.1) is 19.6 Å². The van der Waals surface area contributed by atoms with Crippen molar-refractivity contribution in [1.82, 2.24) is 10.2 Å². The van der Waals surface area contributed by atoms with Crippen LogP contribution in [0, 0.1) is 5.92 Å². The molecule has 1 unspecified atom stereocenters. The Balaban J connectivity index is 2.63. The molecule has 5 heteroatoms. The lowest BCUT2D eigenvalue weighted by Crippen LogP contribution is -2.56. The van der Waals surface area contributed by atoms with Gasteiger partial charge in [0, 0.05) is 19.6 Å². The lowest BCUT2D eigenvalue weighted by Gasteiger charge is -2.35. The van der Waals surface area contributed by atoms with Gasteiger partial charge >= 0.3 is 5.97 Å². The van der Waals surface area contributed by atoms with Gasteiger partial charge in [-0.3, -0.25) is 14.5 Å². The minimum atomic E-state index is -0.372. The van der Waals surface area contributed by atoms with Gasteiger partial charge < -0.3 is 10.1 Å². The molecular weight excluding hydrogens is 208 g/mol. The van der Waals surface area contributed by atoms with E-state index in [0.29, 0.717) is 12.5 Å². The standard InChI is InChI=1S/C11H20N2O3/c1-8(2)7-13-5-4-12-11(15)9(13)6-10(14)16-3/h8-9H,4-7H2,1-3H3,(H,12,15). The van der Waals surface area contributed by atoms with Crippen LogP contribution in [-0.2, 0) is 14.3 Å². The van der Waals surface area contributed by atoms with E-state index in [9.17, 15) is 9.59 Å². The fourth-order valence-electron chi connectivity index (χ4n) is 1.91. The number of ether oxygens (including phenoxy) is 1. The molecule has 0 aliphatic carbocycles. The number of methoxy groups -OCH3 is 1. The van der Waals surface area contributed by atoms with Crippen molar-refractivity contribution in [2.75, 3.05) is 26.7 Å². The van der Waals surface area contributed by atoms with Crippen LogP contribution in [0.1, 0.15) is 20.3 Å². The number of carbonyl (C=O) groups excluding carboxylic acids is 2. The van der Waals surface area contributed by atoms with Crippen LogP contribution in [0.25, 0.3) is 0 Å². The molecule has 1 rings (SSSR count). The molecule has 0 aromatic heterocycles. The Morgan fingerprint density at radius 3 is 2.88 bits per heavy atom. The zero-order valence-corrected chi connectivity index (χ0v) is 10.2. The molecular formula is C11H20N2O3. The summed E-state index contributed by atoms with van der Waals surface area (Å²) in [6, 6.07) is -0.372. The summed E-state index contributed by atoms with van der Waals surface area (Å²) in [6.45, 7) is 6.48. The maximum atomic E-state index is 11.7. The van der Waals surface area contributed by atoms with E-state index in [1.165, 1.54) is 7.11 Å². The van der Waals surface area contributed by atoms with E-state index in [1.54, 1.807) is 0 Å². The van der Waals surface area contributed by atoms with Crippen LogP contribution in [0.4, 0.5) is 0 Å². The number of esters is 1. The van der Waals surface area contributed by atoms with Crippen LogP contribution in [0.15, 0.2) is 0 Å². The highest BCUT2D eigenvalue weighted by atomic mass is 16.5. The van der Waals surface area contributed by atoms with E-state index < -0.39 is 0 Å². The minimum Gasteiger partial charge on any atom is -0.469 e. The molecule has 5 nitrogen and oxygen atoms in total. The van der Waals surface area contributed by atoms with Crippen molar-refractivity contribution < 1.29 is 14.3 Å². The third-order valence-electron chi connectivity index (χ3n) is 2.63. The predicted molar refractivity (Wildman–Crippen MR) is 59.8 cm³/mol. The predicted octanol–water partition coefficient (Wildman–Crippen LogP) is 0.00590. The van der Waals surface area contributed by atoms with Crippen LogP contribution in [-0.4, -0.2) is 49.6 Å². The molecule has 1 saturated heterocycles. The minimum absolute atomic E-state index is 0.0719. The van der Waals surface area contributed by atoms with E-state index in [-0.39, 0.29) is 24.3 Å². The molecule has 16 heavy (non-hydrogen) atoms. The molecule has 0 aromatic rings. The molecule has 1 atom stereocenters. The Morgan fingerprint density at radius 2 is 2.31 bits per heavy atom. The first kappa shape index (κ1) is 13.0. The summed E-state index contributed by atoms with van der Waals surface area (Å²) in [6.07, 6.45) is 0.134. The maximum absolute atomic E-state index is 11.7. The quantitative estimate of drug-likeness (QED) is 0.688. The summed E-state index contributed by atoms with van der Waals surface area (Å²) >= 11 is 0. The zero-order chi connectivity index (χ0) is 12.1. The summed E-state index contributed by atoms with van der Waals surface area (Å²) in [4.78, 5) is 25.0. The van der Waals surface area contributed by atoms with Gasteiger partial charge in [-0.05, 0) is 5.92 Å². The lowest BCUT2D eigenvalue weighted by molar-refractivity contribution is -0.146. The average molecular weight is 228 g/mol. The van der Waals surface area contributed by atoms with E-state index in [2.05, 4.69) is 28.8 Å². The molecule has 1 N–H and O–H groups in total. The van der Waals surface area contributed by atoms with Gasteiger partial charge in [-0.1, -0.05) is 13.8 Å². The number of rotatable bonds is 4. The molecule has 1 aliphatic rings. The SMILES string of the molecule is COC(=O)CC1C(=O)NCCN1CC(C)C. The average Bonchev–Trinajstić information content (AvgIpc) is 2.22. The number of carbonyl (C=O) groups is 2. The fourth-order valence-corrected chi connectivity index (χ4v) is 1.91. The topological polar surface area (TPSA) is 58.6 Å². The normalized spacial score (nSPS) is 22.0. The molecule has 92 valence electrons. The first-order valence-corrected chi connectivity index (χ1v) is 5.63. The van der Waals surface area contributed by atoms with Gasteiger partial charge in [0.2, 0.25) is 5.91 Å². The zero-order valence-electron chi connectivity index (χ0n) is 10.2. The molecule has 1 heterocycles. The van der Waals surface area contributed by atoms with E-state index in [4.69, 9.17) is 0 Å². The van der Waals surface area contributed by atoms with Crippen LogP contribution in [0.3, 0.4) is 0 Å². The van der Waals surface area contributed by atoms with Gasteiger partial charge in [0.1, 0.15) is 0 Å². The van der Waals surface area contributed by atoms with Gasteiger partial charge in [-0.25, -0.2) is 0 Å². The van der Waals surface area contributed by atoms with Crippen molar-refractivity contribution in [3.8, 4) is 0 Å². The number of piperazine rings is 1. The van der Waals surface area contributed by atoms with Crippen LogP contribution < -0.4 is 5.32 Å². The summed E-state index contributed by atoms with van der Waals surface area (Å²) < 4.78 is 4.61. The van der Waals surface area contributed by atoms with E-state index in [1.807, 2.05) is 0 Å². The van der Waals surface area contributed by atoms with Crippen molar-refractivity contribution in [3.63, 3.8) is 0 Å².